The maximum Gasteiger partial charge on any atom is 0.122 e. The number of rotatable bonds is 0. The molecule has 3 aliphatic heterocycles. The van der Waals surface area contributed by atoms with Crippen LogP contribution in [0.1, 0.15) is 0 Å². The summed E-state index contributed by atoms with van der Waals surface area (Å²) < 4.78 is 0.344. The highest BCUT2D eigenvalue weighted by Gasteiger charge is 2.37. The zero-order valence-corrected chi connectivity index (χ0v) is 5.58. The van der Waals surface area contributed by atoms with Crippen molar-refractivity contribution < 1.29 is 9.85 Å². The minimum Gasteiger partial charge on any atom is -0.286 e. The van der Waals surface area contributed by atoms with Gasteiger partial charge in [-0.1, -0.05) is 0 Å². The first-order valence-corrected chi connectivity index (χ1v) is 3.60. The minimum atomic E-state index is 0.344. The Labute approximate surface area is 55.0 Å². The molecule has 0 aromatic carbocycles. The number of fused-ring (bicyclic) bond motifs is 3. The van der Waals surface area contributed by atoms with Gasteiger partial charge in [0.25, 0.3) is 0 Å². The van der Waals surface area contributed by atoms with E-state index in [4.69, 9.17) is 0 Å². The van der Waals surface area contributed by atoms with E-state index < -0.39 is 0 Å². The summed E-state index contributed by atoms with van der Waals surface area (Å²) in [7, 11) is 0. The second-order valence-electron chi connectivity index (χ2n) is 3.11. The van der Waals surface area contributed by atoms with E-state index in [0.717, 1.165) is 39.3 Å². The zero-order valence-electron chi connectivity index (χ0n) is 5.58. The van der Waals surface area contributed by atoms with Crippen molar-refractivity contribution in [3.05, 3.63) is 0 Å². The quantitative estimate of drug-likeness (QED) is 0.447. The molecule has 0 saturated carbocycles. The van der Waals surface area contributed by atoms with Crippen LogP contribution >= 0.6 is 0 Å². The van der Waals surface area contributed by atoms with E-state index >= 15 is 0 Å². The Bertz CT molecular complexity index is 104. The molecule has 3 heteroatoms. The summed E-state index contributed by atoms with van der Waals surface area (Å²) in [6, 6.07) is 0. The highest BCUT2D eigenvalue weighted by atomic mass is 16.5. The van der Waals surface area contributed by atoms with Gasteiger partial charge in [0, 0.05) is 0 Å². The van der Waals surface area contributed by atoms with Gasteiger partial charge in [-0.3, -0.25) is 4.90 Å². The Morgan fingerprint density at radius 1 is 1.00 bits per heavy atom. The number of hydroxylamine groups is 3. The number of quaternary nitrogens is 1. The molecule has 0 unspecified atom stereocenters. The van der Waals surface area contributed by atoms with Gasteiger partial charge in [-0.2, -0.15) is 4.65 Å². The normalized spacial score (nSPS) is 49.7. The minimum absolute atomic E-state index is 0.344. The SMILES string of the molecule is O[N+]12CCN(CC1)CC2. The van der Waals surface area contributed by atoms with E-state index in [9.17, 15) is 5.21 Å². The Balaban J connectivity index is 2.11. The molecule has 2 bridgehead atoms. The van der Waals surface area contributed by atoms with Crippen LogP contribution in [0.5, 0.6) is 0 Å². The number of nitrogens with zero attached hydrogens (tertiary/aromatic N) is 2. The Kier molecular flexibility index (Phi) is 1.06. The van der Waals surface area contributed by atoms with Crippen LogP contribution in [0.3, 0.4) is 0 Å². The summed E-state index contributed by atoms with van der Waals surface area (Å²) in [5.41, 5.74) is 0. The van der Waals surface area contributed by atoms with Crippen molar-refractivity contribution in [2.45, 2.75) is 0 Å². The van der Waals surface area contributed by atoms with E-state index in [1.165, 1.54) is 0 Å². The predicted molar refractivity (Wildman–Crippen MR) is 33.1 cm³/mol. The molecule has 3 aliphatic rings. The molecule has 3 saturated heterocycles. The lowest BCUT2D eigenvalue weighted by atomic mass is 10.2. The van der Waals surface area contributed by atoms with Crippen LogP contribution in [0, 0.1) is 0 Å². The van der Waals surface area contributed by atoms with Crippen molar-refractivity contribution >= 4 is 0 Å². The Morgan fingerprint density at radius 3 is 1.67 bits per heavy atom. The van der Waals surface area contributed by atoms with Crippen molar-refractivity contribution in [2.75, 3.05) is 39.3 Å². The van der Waals surface area contributed by atoms with Gasteiger partial charge in [0.2, 0.25) is 0 Å². The lowest BCUT2D eigenvalue weighted by Gasteiger charge is -2.44. The summed E-state index contributed by atoms with van der Waals surface area (Å²) in [6.07, 6.45) is 0. The fourth-order valence-corrected chi connectivity index (χ4v) is 1.65. The third-order valence-electron chi connectivity index (χ3n) is 2.50. The molecule has 0 amide bonds. The van der Waals surface area contributed by atoms with Crippen molar-refractivity contribution in [1.29, 1.82) is 0 Å². The van der Waals surface area contributed by atoms with Crippen LogP contribution in [-0.2, 0) is 0 Å². The largest absolute Gasteiger partial charge is 0.286 e. The molecule has 3 heterocycles. The van der Waals surface area contributed by atoms with Crippen LogP contribution in [0.15, 0.2) is 0 Å². The molecule has 3 rings (SSSR count). The van der Waals surface area contributed by atoms with Crippen LogP contribution in [0.2, 0.25) is 0 Å². The van der Waals surface area contributed by atoms with Crippen molar-refractivity contribution in [1.82, 2.24) is 4.90 Å². The zero-order chi connectivity index (χ0) is 6.32. The highest BCUT2D eigenvalue weighted by molar-refractivity contribution is 4.67. The molecule has 0 atom stereocenters. The van der Waals surface area contributed by atoms with Gasteiger partial charge in [0.05, 0.1) is 19.6 Å². The highest BCUT2D eigenvalue weighted by Crippen LogP contribution is 2.14. The maximum absolute atomic E-state index is 9.63. The predicted octanol–water partition coefficient (Wildman–Crippen LogP) is -0.478. The monoisotopic (exact) mass is 129 g/mol. The van der Waals surface area contributed by atoms with E-state index in [1.807, 2.05) is 0 Å². The molecule has 3 fully saturated rings. The molecular formula is C6H13N2O+. The van der Waals surface area contributed by atoms with Crippen LogP contribution in [0.4, 0.5) is 0 Å². The molecule has 0 spiro atoms. The van der Waals surface area contributed by atoms with Gasteiger partial charge in [-0.25, -0.2) is 5.21 Å². The number of piperazine rings is 3. The summed E-state index contributed by atoms with van der Waals surface area (Å²) in [5, 5.41) is 9.63. The van der Waals surface area contributed by atoms with Gasteiger partial charge >= 0.3 is 0 Å². The van der Waals surface area contributed by atoms with Crippen LogP contribution < -0.4 is 0 Å². The Morgan fingerprint density at radius 2 is 1.44 bits per heavy atom. The second kappa shape index (κ2) is 1.68. The van der Waals surface area contributed by atoms with Crippen molar-refractivity contribution in [2.24, 2.45) is 0 Å². The van der Waals surface area contributed by atoms with Gasteiger partial charge in [-0.15, -0.1) is 0 Å². The van der Waals surface area contributed by atoms with E-state index in [0.29, 0.717) is 4.65 Å². The first kappa shape index (κ1) is 5.65. The molecule has 0 aromatic rings. The fourth-order valence-electron chi connectivity index (χ4n) is 1.65. The summed E-state index contributed by atoms with van der Waals surface area (Å²) in [5.74, 6) is 0. The topological polar surface area (TPSA) is 23.5 Å². The standard InChI is InChI=1S/C6H13N2O/c9-8-4-1-7(2-5-8)3-6-8/h9H,1-6H2/q+1. The maximum atomic E-state index is 9.63. The smallest absolute Gasteiger partial charge is 0.122 e. The third kappa shape index (κ3) is 0.852. The van der Waals surface area contributed by atoms with Crippen molar-refractivity contribution in [3.8, 4) is 0 Å². The number of hydrogen-bond donors (Lipinski definition) is 1. The van der Waals surface area contributed by atoms with E-state index in [1.54, 1.807) is 0 Å². The first-order chi connectivity index (χ1) is 4.29. The molecule has 9 heavy (non-hydrogen) atoms. The summed E-state index contributed by atoms with van der Waals surface area (Å²) in [6.45, 7) is 6.11. The van der Waals surface area contributed by atoms with E-state index in [-0.39, 0.29) is 0 Å². The van der Waals surface area contributed by atoms with Gasteiger partial charge in [0.1, 0.15) is 19.6 Å². The van der Waals surface area contributed by atoms with Gasteiger partial charge in [-0.05, 0) is 0 Å². The first-order valence-electron chi connectivity index (χ1n) is 3.60. The average molecular weight is 129 g/mol. The van der Waals surface area contributed by atoms with Gasteiger partial charge in [0.15, 0.2) is 0 Å². The fraction of sp³-hybridized carbons (Fsp3) is 1.00. The average Bonchev–Trinajstić information content (AvgIpc) is 1.90. The molecule has 1 N–H and O–H groups in total. The summed E-state index contributed by atoms with van der Waals surface area (Å²) in [4.78, 5) is 2.41. The second-order valence-corrected chi connectivity index (χ2v) is 3.11. The molecular weight excluding hydrogens is 116 g/mol. The molecule has 3 nitrogen and oxygen atoms in total. The lowest BCUT2D eigenvalue weighted by molar-refractivity contribution is -1.11. The van der Waals surface area contributed by atoms with Crippen LogP contribution in [-0.4, -0.2) is 54.0 Å². The lowest BCUT2D eigenvalue weighted by Crippen LogP contribution is -2.65. The molecule has 0 radical (unpaired) electrons. The molecule has 52 valence electrons. The molecule has 0 aliphatic carbocycles. The van der Waals surface area contributed by atoms with Crippen molar-refractivity contribution in [3.63, 3.8) is 0 Å². The third-order valence-corrected chi connectivity index (χ3v) is 2.50. The number of hydrogen-bond acceptors (Lipinski definition) is 2. The summed E-state index contributed by atoms with van der Waals surface area (Å²) >= 11 is 0. The van der Waals surface area contributed by atoms with Crippen LogP contribution in [0.25, 0.3) is 0 Å². The van der Waals surface area contributed by atoms with Gasteiger partial charge < -0.3 is 0 Å². The molecule has 0 aromatic heterocycles. The van der Waals surface area contributed by atoms with E-state index in [2.05, 4.69) is 4.90 Å². The Hall–Kier alpha value is -0.120.